The van der Waals surface area contributed by atoms with E-state index in [-0.39, 0.29) is 18.1 Å². The first-order valence-electron chi connectivity index (χ1n) is 9.25. The summed E-state index contributed by atoms with van der Waals surface area (Å²) in [6.45, 7) is -0.0487. The van der Waals surface area contributed by atoms with Gasteiger partial charge in [-0.25, -0.2) is 0 Å². The molecule has 0 aliphatic heterocycles. The number of para-hydroxylation sites is 2. The van der Waals surface area contributed by atoms with E-state index in [0.717, 1.165) is 5.69 Å². The number of hydrogen-bond acceptors (Lipinski definition) is 5. The number of nitro benzene ring substituents is 1. The van der Waals surface area contributed by atoms with Gasteiger partial charge in [-0.1, -0.05) is 31.4 Å². The van der Waals surface area contributed by atoms with Gasteiger partial charge in [-0.2, -0.15) is 0 Å². The summed E-state index contributed by atoms with van der Waals surface area (Å²) in [5, 5.41) is 20.1. The molecule has 1 fully saturated rings. The molecule has 7 nitrogen and oxygen atoms in total. The van der Waals surface area contributed by atoms with Crippen LogP contribution in [0.4, 0.5) is 22.7 Å². The molecule has 1 aliphatic rings. The number of hydrogen-bond donors (Lipinski definition) is 3. The number of nitro groups is 1. The van der Waals surface area contributed by atoms with Crippen LogP contribution in [0.5, 0.6) is 0 Å². The van der Waals surface area contributed by atoms with Crippen LogP contribution in [0.1, 0.15) is 32.1 Å². The zero-order chi connectivity index (χ0) is 19.1. The van der Waals surface area contributed by atoms with Crippen molar-refractivity contribution in [2.75, 3.05) is 22.5 Å². The summed E-state index contributed by atoms with van der Waals surface area (Å²) in [6.07, 6.45) is 6.28. The fourth-order valence-electron chi connectivity index (χ4n) is 3.30. The van der Waals surface area contributed by atoms with Crippen molar-refractivity contribution in [1.29, 1.82) is 0 Å². The van der Waals surface area contributed by atoms with E-state index in [1.165, 1.54) is 38.2 Å². The molecule has 1 aliphatic carbocycles. The van der Waals surface area contributed by atoms with Gasteiger partial charge >= 0.3 is 0 Å². The van der Waals surface area contributed by atoms with Gasteiger partial charge in [0.15, 0.2) is 0 Å². The molecule has 0 spiro atoms. The number of amides is 1. The summed E-state index contributed by atoms with van der Waals surface area (Å²) in [5.74, 6) is -0.263. The lowest BCUT2D eigenvalue weighted by Crippen LogP contribution is -2.23. The third-order valence-electron chi connectivity index (χ3n) is 4.68. The van der Waals surface area contributed by atoms with E-state index in [0.29, 0.717) is 17.4 Å². The molecule has 0 atom stereocenters. The van der Waals surface area contributed by atoms with E-state index in [9.17, 15) is 14.9 Å². The molecular weight excluding hydrogens is 344 g/mol. The van der Waals surface area contributed by atoms with Crippen LogP contribution >= 0.6 is 0 Å². The zero-order valence-electron chi connectivity index (χ0n) is 15.1. The van der Waals surface area contributed by atoms with Crippen LogP contribution in [0.2, 0.25) is 0 Å². The van der Waals surface area contributed by atoms with Gasteiger partial charge in [0.1, 0.15) is 5.69 Å². The van der Waals surface area contributed by atoms with Crippen molar-refractivity contribution in [2.24, 2.45) is 0 Å². The molecule has 27 heavy (non-hydrogen) atoms. The van der Waals surface area contributed by atoms with E-state index < -0.39 is 4.92 Å². The summed E-state index contributed by atoms with van der Waals surface area (Å²) in [7, 11) is 0. The quantitative estimate of drug-likeness (QED) is 0.497. The van der Waals surface area contributed by atoms with E-state index >= 15 is 0 Å². The Morgan fingerprint density at radius 1 is 1.00 bits per heavy atom. The number of carbonyl (C=O) groups excluding carboxylic acids is 1. The SMILES string of the molecule is O=C(CNc1ccccc1[N+](=O)[O-])Nc1ccc(NC2CCCCC2)cc1. The molecule has 7 heteroatoms. The average Bonchev–Trinajstić information content (AvgIpc) is 2.69. The Morgan fingerprint density at radius 2 is 1.67 bits per heavy atom. The summed E-state index contributed by atoms with van der Waals surface area (Å²) in [6, 6.07) is 14.4. The van der Waals surface area contributed by atoms with Gasteiger partial charge in [0, 0.05) is 23.5 Å². The zero-order valence-corrected chi connectivity index (χ0v) is 15.1. The molecule has 0 aromatic heterocycles. The Morgan fingerprint density at radius 3 is 2.37 bits per heavy atom. The van der Waals surface area contributed by atoms with Crippen LogP contribution < -0.4 is 16.0 Å². The monoisotopic (exact) mass is 368 g/mol. The molecule has 0 saturated heterocycles. The number of nitrogens with one attached hydrogen (secondary N) is 3. The Hall–Kier alpha value is -3.09. The fraction of sp³-hybridized carbons (Fsp3) is 0.350. The topological polar surface area (TPSA) is 96.3 Å². The number of nitrogens with zero attached hydrogens (tertiary/aromatic N) is 1. The van der Waals surface area contributed by atoms with Crippen LogP contribution in [0, 0.1) is 10.1 Å². The van der Waals surface area contributed by atoms with E-state index in [1.807, 2.05) is 24.3 Å². The lowest BCUT2D eigenvalue weighted by molar-refractivity contribution is -0.383. The highest BCUT2D eigenvalue weighted by molar-refractivity contribution is 5.94. The molecule has 0 bridgehead atoms. The van der Waals surface area contributed by atoms with Crippen molar-refractivity contribution in [1.82, 2.24) is 0 Å². The molecule has 0 unspecified atom stereocenters. The standard InChI is InChI=1S/C20H24N4O3/c25-20(14-21-18-8-4-5-9-19(18)24(26)27)23-17-12-10-16(11-13-17)22-15-6-2-1-3-7-15/h4-5,8-13,15,21-22H,1-3,6-7,14H2,(H,23,25). The van der Waals surface area contributed by atoms with E-state index in [1.54, 1.807) is 18.2 Å². The smallest absolute Gasteiger partial charge is 0.292 e. The van der Waals surface area contributed by atoms with Crippen LogP contribution in [-0.4, -0.2) is 23.4 Å². The van der Waals surface area contributed by atoms with Gasteiger partial charge in [0.05, 0.1) is 11.5 Å². The van der Waals surface area contributed by atoms with Gasteiger partial charge in [-0.15, -0.1) is 0 Å². The number of anilines is 3. The van der Waals surface area contributed by atoms with Crippen molar-refractivity contribution < 1.29 is 9.72 Å². The molecular formula is C20H24N4O3. The number of benzene rings is 2. The Labute approximate surface area is 158 Å². The highest BCUT2D eigenvalue weighted by atomic mass is 16.6. The summed E-state index contributed by atoms with van der Waals surface area (Å²) in [4.78, 5) is 22.6. The maximum Gasteiger partial charge on any atom is 0.292 e. The van der Waals surface area contributed by atoms with Crippen LogP contribution in [0.25, 0.3) is 0 Å². The molecule has 0 radical (unpaired) electrons. The van der Waals surface area contributed by atoms with Gasteiger partial charge in [0.25, 0.3) is 5.69 Å². The van der Waals surface area contributed by atoms with Crippen LogP contribution in [0.3, 0.4) is 0 Å². The van der Waals surface area contributed by atoms with E-state index in [2.05, 4.69) is 16.0 Å². The maximum absolute atomic E-state index is 12.1. The number of carbonyl (C=O) groups is 1. The predicted octanol–water partition coefficient (Wildman–Crippen LogP) is 4.39. The Bertz CT molecular complexity index is 786. The highest BCUT2D eigenvalue weighted by Crippen LogP contribution is 2.24. The van der Waals surface area contributed by atoms with E-state index in [4.69, 9.17) is 0 Å². The Balaban J connectivity index is 1.50. The van der Waals surface area contributed by atoms with Gasteiger partial charge in [-0.3, -0.25) is 14.9 Å². The number of rotatable bonds is 7. The van der Waals surface area contributed by atoms with Crippen molar-refractivity contribution in [2.45, 2.75) is 38.1 Å². The molecule has 2 aromatic carbocycles. The molecule has 142 valence electrons. The lowest BCUT2D eigenvalue weighted by atomic mass is 9.95. The van der Waals surface area contributed by atoms with Crippen LogP contribution in [-0.2, 0) is 4.79 Å². The van der Waals surface area contributed by atoms with Crippen molar-refractivity contribution in [3.63, 3.8) is 0 Å². The molecule has 2 aromatic rings. The summed E-state index contributed by atoms with van der Waals surface area (Å²) < 4.78 is 0. The Kier molecular flexibility index (Phi) is 6.25. The van der Waals surface area contributed by atoms with Crippen molar-refractivity contribution in [3.8, 4) is 0 Å². The molecule has 1 amide bonds. The van der Waals surface area contributed by atoms with Gasteiger partial charge < -0.3 is 16.0 Å². The van der Waals surface area contributed by atoms with Gasteiger partial charge in [0.2, 0.25) is 5.91 Å². The highest BCUT2D eigenvalue weighted by Gasteiger charge is 2.14. The summed E-state index contributed by atoms with van der Waals surface area (Å²) >= 11 is 0. The second kappa shape index (κ2) is 9.02. The maximum atomic E-state index is 12.1. The first-order chi connectivity index (χ1) is 13.1. The minimum atomic E-state index is -0.474. The largest absolute Gasteiger partial charge is 0.382 e. The van der Waals surface area contributed by atoms with Gasteiger partial charge in [-0.05, 0) is 43.2 Å². The second-order valence-electron chi connectivity index (χ2n) is 6.73. The average molecular weight is 368 g/mol. The minimum Gasteiger partial charge on any atom is -0.382 e. The minimum absolute atomic E-state index is 0.0487. The normalized spacial score (nSPS) is 14.4. The molecule has 1 saturated carbocycles. The van der Waals surface area contributed by atoms with Crippen molar-refractivity contribution in [3.05, 3.63) is 58.6 Å². The fourth-order valence-corrected chi connectivity index (χ4v) is 3.30. The lowest BCUT2D eigenvalue weighted by Gasteiger charge is -2.23. The van der Waals surface area contributed by atoms with Crippen molar-refractivity contribution >= 4 is 28.7 Å². The molecule has 0 heterocycles. The first kappa shape index (κ1) is 18.7. The second-order valence-corrected chi connectivity index (χ2v) is 6.73. The van der Waals surface area contributed by atoms with Crippen LogP contribution in [0.15, 0.2) is 48.5 Å². The third kappa shape index (κ3) is 5.44. The molecule has 3 N–H and O–H groups in total. The third-order valence-corrected chi connectivity index (χ3v) is 4.68. The summed E-state index contributed by atoms with van der Waals surface area (Å²) in [5.41, 5.74) is 2.02. The predicted molar refractivity (Wildman–Crippen MR) is 107 cm³/mol. The molecule has 3 rings (SSSR count). The first-order valence-corrected chi connectivity index (χ1v) is 9.25.